The number of carbonyl (C=O) groups is 1. The third kappa shape index (κ3) is 7.81. The van der Waals surface area contributed by atoms with Crippen molar-refractivity contribution >= 4 is 22.6 Å². The molecule has 0 bridgehead atoms. The van der Waals surface area contributed by atoms with Gasteiger partial charge < -0.3 is 13.3 Å². The fourth-order valence-corrected chi connectivity index (χ4v) is 1.14. The molecule has 0 unspecified atom stereocenters. The molecule has 0 N–H and O–H groups in total. The lowest BCUT2D eigenvalue weighted by atomic mass is 10.3. The van der Waals surface area contributed by atoms with Crippen molar-refractivity contribution in [2.24, 2.45) is 0 Å². The predicted octanol–water partition coefficient (Wildman–Crippen LogP) is 1.04. The van der Waals surface area contributed by atoms with Gasteiger partial charge in [0.2, 0.25) is 0 Å². The van der Waals surface area contributed by atoms with Crippen LogP contribution in [0.25, 0.3) is 0 Å². The molecule has 0 saturated heterocycles. The fraction of sp³-hybridized carbons (Fsp3) is 0.900. The van der Waals surface area contributed by atoms with Gasteiger partial charge in [-0.2, -0.15) is 0 Å². The summed E-state index contributed by atoms with van der Waals surface area (Å²) in [5, 5.41) is 0. The van der Waals surface area contributed by atoms with Crippen LogP contribution in [0, 0.1) is 0 Å². The lowest BCUT2D eigenvalue weighted by Gasteiger charge is -2.16. The zero-order chi connectivity index (χ0) is 11.5. The molecule has 0 aliphatic rings. The average molecular weight is 232 g/mol. The second kappa shape index (κ2) is 10.4. The third-order valence-electron chi connectivity index (χ3n) is 1.93. The van der Waals surface area contributed by atoms with Gasteiger partial charge in [-0.3, -0.25) is 0 Å². The Hall–Kier alpha value is -0.0775. The summed E-state index contributed by atoms with van der Waals surface area (Å²) in [5.74, 6) is -0.395. The molecular weight excluding hydrogens is 211 g/mol. The number of carbonyl (C=O) groups excluding carboxylic acids is 1. The molecule has 0 rings (SSSR count). The van der Waals surface area contributed by atoms with Crippen LogP contribution in [0.4, 0.5) is 0 Å². The van der Waals surface area contributed by atoms with Crippen LogP contribution in [0.1, 0.15) is 39.5 Å². The Balaban J connectivity index is 3.79. The summed E-state index contributed by atoms with van der Waals surface area (Å²) in [5.41, 5.74) is 0. The van der Waals surface area contributed by atoms with E-state index in [0.29, 0.717) is 29.8 Å². The van der Waals surface area contributed by atoms with E-state index < -0.39 is 12.3 Å². The quantitative estimate of drug-likeness (QED) is 0.338. The summed E-state index contributed by atoms with van der Waals surface area (Å²) in [4.78, 5) is 11.3. The largest absolute Gasteiger partial charge is 0.618 e. The van der Waals surface area contributed by atoms with Crippen LogP contribution < -0.4 is 0 Å². The first-order valence-electron chi connectivity index (χ1n) is 5.57. The van der Waals surface area contributed by atoms with Gasteiger partial charge in [0.05, 0.1) is 13.2 Å². The van der Waals surface area contributed by atoms with Crippen LogP contribution in [0.2, 0.25) is 0 Å². The summed E-state index contributed by atoms with van der Waals surface area (Å²) in [6.07, 6.45) is 3.12. The molecular formula is C10H21AlO4. The maximum atomic E-state index is 11.3. The fourth-order valence-electron chi connectivity index (χ4n) is 0.950. The zero-order valence-electron chi connectivity index (χ0n) is 9.95. The first-order chi connectivity index (χ1) is 7.26. The molecule has 0 aromatic rings. The number of hydrogen-bond acceptors (Lipinski definition) is 4. The van der Waals surface area contributed by atoms with Crippen LogP contribution in [-0.2, 0) is 18.1 Å². The first-order valence-corrected chi connectivity index (χ1v) is 6.38. The zero-order valence-corrected chi connectivity index (χ0v) is 12.0. The SMILES string of the molecule is CCCCOC(OCCCC)C(=O)[O][AlH2]. The van der Waals surface area contributed by atoms with Gasteiger partial charge in [0.1, 0.15) is 0 Å². The molecule has 15 heavy (non-hydrogen) atoms. The van der Waals surface area contributed by atoms with Gasteiger partial charge in [-0.15, -0.1) is 0 Å². The van der Waals surface area contributed by atoms with Crippen molar-refractivity contribution in [2.75, 3.05) is 13.2 Å². The number of hydrogen-bond donors (Lipinski definition) is 0. The molecule has 0 amide bonds. The van der Waals surface area contributed by atoms with Crippen LogP contribution >= 0.6 is 0 Å². The molecule has 0 radical (unpaired) electrons. The second-order valence-electron chi connectivity index (χ2n) is 3.30. The van der Waals surface area contributed by atoms with E-state index in [1.165, 1.54) is 0 Å². The van der Waals surface area contributed by atoms with Crippen molar-refractivity contribution in [3.8, 4) is 0 Å². The van der Waals surface area contributed by atoms with E-state index in [9.17, 15) is 4.79 Å². The Morgan fingerprint density at radius 3 is 1.93 bits per heavy atom. The highest BCUT2D eigenvalue weighted by Crippen LogP contribution is 2.02. The molecule has 5 heteroatoms. The highest BCUT2D eigenvalue weighted by Gasteiger charge is 2.18. The molecule has 0 aliphatic heterocycles. The second-order valence-corrected chi connectivity index (χ2v) is 3.71. The molecule has 0 heterocycles. The smallest absolute Gasteiger partial charge is 0.499 e. The Kier molecular flexibility index (Phi) is 10.4. The van der Waals surface area contributed by atoms with E-state index >= 15 is 0 Å². The Morgan fingerprint density at radius 2 is 1.60 bits per heavy atom. The number of ether oxygens (including phenoxy) is 2. The van der Waals surface area contributed by atoms with Gasteiger partial charge in [0.15, 0.2) is 0 Å². The minimum atomic E-state index is -0.819. The van der Waals surface area contributed by atoms with Crippen LogP contribution in [0.15, 0.2) is 0 Å². The first kappa shape index (κ1) is 14.9. The molecule has 0 aliphatic carbocycles. The average Bonchev–Trinajstić information content (AvgIpc) is 2.26. The van der Waals surface area contributed by atoms with Crippen LogP contribution in [-0.4, -0.2) is 42.1 Å². The van der Waals surface area contributed by atoms with Gasteiger partial charge >= 0.3 is 22.6 Å². The molecule has 88 valence electrons. The van der Waals surface area contributed by atoms with Crippen LogP contribution in [0.3, 0.4) is 0 Å². The molecule has 0 aromatic carbocycles. The van der Waals surface area contributed by atoms with Crippen LogP contribution in [0.5, 0.6) is 0 Å². The number of unbranched alkanes of at least 4 members (excludes halogenated alkanes) is 2. The summed E-state index contributed by atoms with van der Waals surface area (Å²) in [6, 6.07) is 0. The maximum Gasteiger partial charge on any atom is 0.499 e. The van der Waals surface area contributed by atoms with Gasteiger partial charge in [-0.05, 0) is 12.8 Å². The van der Waals surface area contributed by atoms with Crippen molar-refractivity contribution in [1.29, 1.82) is 0 Å². The molecule has 0 spiro atoms. The van der Waals surface area contributed by atoms with E-state index in [0.717, 1.165) is 25.7 Å². The lowest BCUT2D eigenvalue weighted by molar-refractivity contribution is -0.186. The monoisotopic (exact) mass is 232 g/mol. The molecule has 0 fully saturated rings. The topological polar surface area (TPSA) is 44.8 Å². The van der Waals surface area contributed by atoms with E-state index in [1.54, 1.807) is 0 Å². The van der Waals surface area contributed by atoms with Crippen molar-refractivity contribution < 1.29 is 18.1 Å². The predicted molar refractivity (Wildman–Crippen MR) is 60.1 cm³/mol. The van der Waals surface area contributed by atoms with Crippen molar-refractivity contribution in [2.45, 2.75) is 45.8 Å². The summed E-state index contributed by atoms with van der Waals surface area (Å²) in [7, 11) is 0. The Morgan fingerprint density at radius 1 is 1.13 bits per heavy atom. The Bertz CT molecular complexity index is 154. The van der Waals surface area contributed by atoms with Crippen molar-refractivity contribution in [3.63, 3.8) is 0 Å². The minimum Gasteiger partial charge on any atom is -0.618 e. The van der Waals surface area contributed by atoms with E-state index in [4.69, 9.17) is 13.3 Å². The van der Waals surface area contributed by atoms with E-state index in [2.05, 4.69) is 13.8 Å². The molecule has 4 nitrogen and oxygen atoms in total. The molecule has 0 saturated carbocycles. The standard InChI is InChI=1S/C10H20O4.Al.2H/c1-3-5-7-13-10(9(11)12)14-8-6-4-2;;;/h10H,3-8H2,1-2H3,(H,11,12);;;/q;+1;;/p-1. The van der Waals surface area contributed by atoms with E-state index in [-0.39, 0.29) is 0 Å². The Labute approximate surface area is 100 Å². The lowest BCUT2D eigenvalue weighted by Crippen LogP contribution is -2.29. The van der Waals surface area contributed by atoms with Gasteiger partial charge in [0, 0.05) is 0 Å². The van der Waals surface area contributed by atoms with Gasteiger partial charge in [-0.25, -0.2) is 4.79 Å². The minimum absolute atomic E-state index is 0.380. The summed E-state index contributed by atoms with van der Waals surface area (Å²) in [6.45, 7) is 5.23. The normalized spacial score (nSPS) is 10.6. The third-order valence-corrected chi connectivity index (χ3v) is 2.33. The van der Waals surface area contributed by atoms with Crippen molar-refractivity contribution in [1.82, 2.24) is 0 Å². The highest BCUT2D eigenvalue weighted by molar-refractivity contribution is 6.05. The highest BCUT2D eigenvalue weighted by atomic mass is 27.1. The van der Waals surface area contributed by atoms with Crippen molar-refractivity contribution in [3.05, 3.63) is 0 Å². The summed E-state index contributed by atoms with van der Waals surface area (Å²) < 4.78 is 15.3. The van der Waals surface area contributed by atoms with Gasteiger partial charge in [-0.1, -0.05) is 26.7 Å². The maximum absolute atomic E-state index is 11.3. The molecule has 0 aromatic heterocycles. The van der Waals surface area contributed by atoms with Gasteiger partial charge in [0.25, 0.3) is 6.29 Å². The van der Waals surface area contributed by atoms with E-state index in [1.807, 2.05) is 0 Å². The number of rotatable bonds is 9. The molecule has 0 atom stereocenters. The summed E-state index contributed by atoms with van der Waals surface area (Å²) >= 11 is 0.380.